The summed E-state index contributed by atoms with van der Waals surface area (Å²) < 4.78 is 1.96. The second-order valence-corrected chi connectivity index (χ2v) is 6.82. The second-order valence-electron chi connectivity index (χ2n) is 5.54. The number of rotatable bonds is 5. The number of nitrogens with zero attached hydrogens (tertiary/aromatic N) is 1. The Morgan fingerprint density at radius 1 is 0.920 bits per heavy atom. The Morgan fingerprint density at radius 3 is 2.24 bits per heavy atom. The van der Waals surface area contributed by atoms with Crippen LogP contribution in [0.25, 0.3) is 16.9 Å². The van der Waals surface area contributed by atoms with Crippen molar-refractivity contribution in [2.24, 2.45) is 0 Å². The van der Waals surface area contributed by atoms with Crippen LogP contribution < -0.4 is 0 Å². The summed E-state index contributed by atoms with van der Waals surface area (Å²) in [4.78, 5) is 11.0. The number of carboxylic acids is 1. The summed E-state index contributed by atoms with van der Waals surface area (Å²) in [6.45, 7) is 0. The van der Waals surface area contributed by atoms with Gasteiger partial charge in [-0.1, -0.05) is 46.9 Å². The first-order chi connectivity index (χ1) is 12.0. The van der Waals surface area contributed by atoms with Crippen LogP contribution in [-0.2, 0) is 11.2 Å². The van der Waals surface area contributed by atoms with Crippen molar-refractivity contribution >= 4 is 40.8 Å². The molecule has 0 saturated carbocycles. The lowest BCUT2D eigenvalue weighted by atomic mass is 10.1. The van der Waals surface area contributed by atoms with Gasteiger partial charge < -0.3 is 9.67 Å². The summed E-state index contributed by atoms with van der Waals surface area (Å²) in [5.41, 5.74) is 3.47. The largest absolute Gasteiger partial charge is 0.481 e. The molecule has 0 bridgehead atoms. The van der Waals surface area contributed by atoms with E-state index in [-0.39, 0.29) is 6.42 Å². The van der Waals surface area contributed by atoms with Gasteiger partial charge in [0.05, 0.1) is 22.8 Å². The maximum Gasteiger partial charge on any atom is 0.303 e. The molecule has 0 spiro atoms. The van der Waals surface area contributed by atoms with Crippen molar-refractivity contribution in [1.29, 1.82) is 0 Å². The molecule has 0 aliphatic carbocycles. The molecule has 2 aromatic carbocycles. The van der Waals surface area contributed by atoms with Crippen LogP contribution in [0.3, 0.4) is 0 Å². The van der Waals surface area contributed by atoms with E-state index >= 15 is 0 Å². The normalized spacial score (nSPS) is 10.8. The standard InChI is InChI=1S/C19H14Cl3NO2/c20-13-3-1-12(2-4-13)17-9-6-15(7-10-19(24)25)23(17)18-8-5-14(21)11-16(18)22/h1-6,8-9,11H,7,10H2,(H,24,25). The molecule has 0 unspecified atom stereocenters. The van der Waals surface area contributed by atoms with Crippen LogP contribution in [0.2, 0.25) is 15.1 Å². The number of halogens is 3. The summed E-state index contributed by atoms with van der Waals surface area (Å²) in [7, 11) is 0. The molecule has 0 amide bonds. The minimum atomic E-state index is -0.844. The molecular weight excluding hydrogens is 381 g/mol. The minimum absolute atomic E-state index is 0.0370. The Morgan fingerprint density at radius 2 is 1.60 bits per heavy atom. The average Bonchev–Trinajstić information content (AvgIpc) is 2.97. The molecule has 0 saturated heterocycles. The Kier molecular flexibility index (Phi) is 5.38. The molecule has 0 atom stereocenters. The van der Waals surface area contributed by atoms with Gasteiger partial charge in [0.1, 0.15) is 0 Å². The second kappa shape index (κ2) is 7.52. The van der Waals surface area contributed by atoms with E-state index in [2.05, 4.69) is 0 Å². The van der Waals surface area contributed by atoms with Crippen molar-refractivity contribution in [2.75, 3.05) is 0 Å². The average molecular weight is 395 g/mol. The van der Waals surface area contributed by atoms with Gasteiger partial charge in [-0.05, 0) is 54.4 Å². The molecule has 1 aromatic heterocycles. The molecule has 6 heteroatoms. The summed E-state index contributed by atoms with van der Waals surface area (Å²) in [6, 6.07) is 16.6. The molecule has 1 N–H and O–H groups in total. The van der Waals surface area contributed by atoms with E-state index in [1.807, 2.05) is 47.0 Å². The fourth-order valence-electron chi connectivity index (χ4n) is 2.70. The third kappa shape index (κ3) is 4.01. The lowest BCUT2D eigenvalue weighted by molar-refractivity contribution is -0.136. The number of carbonyl (C=O) groups is 1. The number of aromatic nitrogens is 1. The molecule has 128 valence electrons. The predicted molar refractivity (Wildman–Crippen MR) is 102 cm³/mol. The lowest BCUT2D eigenvalue weighted by Gasteiger charge is -2.15. The number of benzene rings is 2. The van der Waals surface area contributed by atoms with Crippen LogP contribution in [0.1, 0.15) is 12.1 Å². The molecule has 0 aliphatic rings. The van der Waals surface area contributed by atoms with Crippen LogP contribution in [-0.4, -0.2) is 15.6 Å². The maximum atomic E-state index is 11.0. The van der Waals surface area contributed by atoms with Crippen molar-refractivity contribution in [3.05, 3.63) is 75.4 Å². The number of hydrogen-bond acceptors (Lipinski definition) is 1. The molecule has 1 heterocycles. The fourth-order valence-corrected chi connectivity index (χ4v) is 3.32. The van der Waals surface area contributed by atoms with Gasteiger partial charge in [-0.2, -0.15) is 0 Å². The molecule has 0 fully saturated rings. The first kappa shape index (κ1) is 17.9. The zero-order chi connectivity index (χ0) is 18.0. The molecule has 3 rings (SSSR count). The van der Waals surface area contributed by atoms with Crippen LogP contribution in [0.15, 0.2) is 54.6 Å². The SMILES string of the molecule is O=C(O)CCc1ccc(-c2ccc(Cl)cc2)n1-c1ccc(Cl)cc1Cl. The highest BCUT2D eigenvalue weighted by Crippen LogP contribution is 2.32. The van der Waals surface area contributed by atoms with Crippen molar-refractivity contribution in [1.82, 2.24) is 4.57 Å². The van der Waals surface area contributed by atoms with Crippen molar-refractivity contribution in [2.45, 2.75) is 12.8 Å². The molecule has 25 heavy (non-hydrogen) atoms. The quantitative estimate of drug-likeness (QED) is 0.566. The van der Waals surface area contributed by atoms with Crippen molar-refractivity contribution in [3.8, 4) is 16.9 Å². The number of carboxylic acid groups (broad SMARTS) is 1. The predicted octanol–water partition coefficient (Wildman–Crippen LogP) is 6.12. The third-order valence-electron chi connectivity index (χ3n) is 3.85. The summed E-state index contributed by atoms with van der Waals surface area (Å²) in [6.07, 6.45) is 0.428. The molecular formula is C19H14Cl3NO2. The molecule has 3 nitrogen and oxygen atoms in total. The highest BCUT2D eigenvalue weighted by molar-refractivity contribution is 6.35. The number of aliphatic carboxylic acids is 1. The Bertz CT molecular complexity index is 917. The number of aryl methyl sites for hydroxylation is 1. The van der Waals surface area contributed by atoms with E-state index in [1.165, 1.54) is 0 Å². The van der Waals surface area contributed by atoms with Gasteiger partial charge in [0.25, 0.3) is 0 Å². The Labute approximate surface area is 160 Å². The number of hydrogen-bond donors (Lipinski definition) is 1. The van der Waals surface area contributed by atoms with Crippen LogP contribution in [0.4, 0.5) is 0 Å². The highest BCUT2D eigenvalue weighted by Gasteiger charge is 2.15. The first-order valence-corrected chi connectivity index (χ1v) is 8.73. The maximum absolute atomic E-state index is 11.0. The van der Waals surface area contributed by atoms with Gasteiger partial charge in [0.2, 0.25) is 0 Å². The first-order valence-electron chi connectivity index (χ1n) is 7.59. The zero-order valence-electron chi connectivity index (χ0n) is 13.0. The lowest BCUT2D eigenvalue weighted by Crippen LogP contribution is -2.06. The zero-order valence-corrected chi connectivity index (χ0v) is 15.3. The van der Waals surface area contributed by atoms with Gasteiger partial charge >= 0.3 is 5.97 Å². The van der Waals surface area contributed by atoms with E-state index in [1.54, 1.807) is 12.1 Å². The van der Waals surface area contributed by atoms with Crippen LogP contribution in [0.5, 0.6) is 0 Å². The monoisotopic (exact) mass is 393 g/mol. The minimum Gasteiger partial charge on any atom is -0.481 e. The van der Waals surface area contributed by atoms with Crippen LogP contribution in [0, 0.1) is 0 Å². The van der Waals surface area contributed by atoms with E-state index in [9.17, 15) is 4.79 Å². The molecule has 0 aliphatic heterocycles. The van der Waals surface area contributed by atoms with Gasteiger partial charge in [0, 0.05) is 15.7 Å². The molecule has 0 radical (unpaired) electrons. The van der Waals surface area contributed by atoms with Gasteiger partial charge in [-0.15, -0.1) is 0 Å². The van der Waals surface area contributed by atoms with Gasteiger partial charge in [-0.25, -0.2) is 0 Å². The Balaban J connectivity index is 2.15. The third-order valence-corrected chi connectivity index (χ3v) is 4.64. The van der Waals surface area contributed by atoms with E-state index in [0.29, 0.717) is 21.5 Å². The summed E-state index contributed by atoms with van der Waals surface area (Å²) in [5.74, 6) is -0.844. The smallest absolute Gasteiger partial charge is 0.303 e. The Hall–Kier alpha value is -1.94. The molecule has 3 aromatic rings. The summed E-state index contributed by atoms with van der Waals surface area (Å²) in [5, 5.41) is 10.7. The van der Waals surface area contributed by atoms with Gasteiger partial charge in [-0.3, -0.25) is 4.79 Å². The van der Waals surface area contributed by atoms with E-state index in [0.717, 1.165) is 22.6 Å². The highest BCUT2D eigenvalue weighted by atomic mass is 35.5. The van der Waals surface area contributed by atoms with Gasteiger partial charge in [0.15, 0.2) is 0 Å². The fraction of sp³-hybridized carbons (Fsp3) is 0.105. The van der Waals surface area contributed by atoms with E-state index in [4.69, 9.17) is 39.9 Å². The van der Waals surface area contributed by atoms with Crippen LogP contribution >= 0.6 is 34.8 Å². The van der Waals surface area contributed by atoms with E-state index < -0.39 is 5.97 Å². The van der Waals surface area contributed by atoms with Crippen molar-refractivity contribution < 1.29 is 9.90 Å². The van der Waals surface area contributed by atoms with Crippen molar-refractivity contribution in [3.63, 3.8) is 0 Å². The topological polar surface area (TPSA) is 42.2 Å². The summed E-state index contributed by atoms with van der Waals surface area (Å²) >= 11 is 18.4.